The van der Waals surface area contributed by atoms with Crippen LogP contribution in [0.15, 0.2) is 23.0 Å². The zero-order valence-electron chi connectivity index (χ0n) is 11.4. The summed E-state index contributed by atoms with van der Waals surface area (Å²) in [4.78, 5) is 12.0. The van der Waals surface area contributed by atoms with Gasteiger partial charge in [-0.3, -0.25) is 4.79 Å². The molecule has 4 rings (SSSR count). The minimum atomic E-state index is 0. The Balaban J connectivity index is 0.00000110. The van der Waals surface area contributed by atoms with E-state index in [1.54, 1.807) is 6.07 Å². The summed E-state index contributed by atoms with van der Waals surface area (Å²) in [6, 6.07) is 6.63. The molecule has 0 aromatic carbocycles. The molecule has 0 N–H and O–H groups in total. The first kappa shape index (κ1) is 13.6. The van der Waals surface area contributed by atoms with E-state index in [1.165, 1.54) is 42.5 Å². The second-order valence-corrected chi connectivity index (χ2v) is 6.69. The van der Waals surface area contributed by atoms with Crippen molar-refractivity contribution in [1.82, 2.24) is 4.57 Å². The predicted octanol–water partition coefficient (Wildman–Crippen LogP) is -1.42. The highest BCUT2D eigenvalue weighted by molar-refractivity contribution is 5.16. The first-order chi connectivity index (χ1) is 8.67. The number of aromatic nitrogens is 1. The van der Waals surface area contributed by atoms with Crippen LogP contribution in [0, 0.1) is 5.92 Å². The molecule has 4 heterocycles. The third kappa shape index (κ3) is 1.90. The number of likely N-dealkylation sites (N-methyl/N-ethyl adjacent to an activating group) is 1. The van der Waals surface area contributed by atoms with Gasteiger partial charge in [-0.25, -0.2) is 0 Å². The van der Waals surface area contributed by atoms with Crippen LogP contribution < -0.4 is 29.5 Å². The van der Waals surface area contributed by atoms with E-state index in [0.29, 0.717) is 5.92 Å². The molecule has 2 fully saturated rings. The van der Waals surface area contributed by atoms with Gasteiger partial charge in [-0.1, -0.05) is 6.07 Å². The summed E-state index contributed by atoms with van der Waals surface area (Å²) < 4.78 is 3.32. The average molecular weight is 372 g/mol. The van der Waals surface area contributed by atoms with Crippen LogP contribution in [0.4, 0.5) is 0 Å². The van der Waals surface area contributed by atoms with Gasteiger partial charge in [-0.2, -0.15) is 0 Å². The van der Waals surface area contributed by atoms with Crippen molar-refractivity contribution in [2.75, 3.05) is 20.1 Å². The van der Waals surface area contributed by atoms with Crippen molar-refractivity contribution in [3.05, 3.63) is 34.2 Å². The van der Waals surface area contributed by atoms with E-state index in [1.807, 2.05) is 6.07 Å². The second kappa shape index (κ2) is 4.58. The maximum absolute atomic E-state index is 12.0. The molecule has 4 atom stereocenters. The molecular formula is C15H21IN2O. The molecule has 3 aliphatic heterocycles. The van der Waals surface area contributed by atoms with Gasteiger partial charge >= 0.3 is 0 Å². The van der Waals surface area contributed by atoms with Crippen LogP contribution in [0.25, 0.3) is 0 Å². The van der Waals surface area contributed by atoms with Crippen molar-refractivity contribution in [1.29, 1.82) is 0 Å². The molecule has 4 heteroatoms. The number of hydrogen-bond acceptors (Lipinski definition) is 1. The monoisotopic (exact) mass is 372 g/mol. The number of quaternary nitrogens is 1. The molecule has 3 aliphatic rings. The van der Waals surface area contributed by atoms with E-state index >= 15 is 0 Å². The Hall–Kier alpha value is -0.360. The van der Waals surface area contributed by atoms with Crippen LogP contribution in [-0.4, -0.2) is 35.2 Å². The number of pyridine rings is 1. The largest absolute Gasteiger partial charge is 1.00 e. The average Bonchev–Trinajstić information content (AvgIpc) is 2.73. The predicted molar refractivity (Wildman–Crippen MR) is 70.5 cm³/mol. The molecule has 2 saturated heterocycles. The van der Waals surface area contributed by atoms with E-state index in [9.17, 15) is 4.79 Å². The van der Waals surface area contributed by atoms with Crippen LogP contribution in [0.5, 0.6) is 0 Å². The van der Waals surface area contributed by atoms with Crippen LogP contribution in [-0.2, 0) is 6.54 Å². The van der Waals surface area contributed by atoms with Crippen molar-refractivity contribution < 1.29 is 28.5 Å². The van der Waals surface area contributed by atoms with Crippen molar-refractivity contribution in [2.45, 2.75) is 37.8 Å². The van der Waals surface area contributed by atoms with E-state index in [4.69, 9.17) is 0 Å². The van der Waals surface area contributed by atoms with Gasteiger partial charge in [0.05, 0.1) is 26.2 Å². The summed E-state index contributed by atoms with van der Waals surface area (Å²) in [5.74, 6) is 1.33. The van der Waals surface area contributed by atoms with Gasteiger partial charge in [0.1, 0.15) is 0 Å². The highest BCUT2D eigenvalue weighted by atomic mass is 127. The number of rotatable bonds is 0. The van der Waals surface area contributed by atoms with Crippen LogP contribution in [0.1, 0.15) is 30.9 Å². The van der Waals surface area contributed by atoms with Crippen molar-refractivity contribution in [3.63, 3.8) is 0 Å². The van der Waals surface area contributed by atoms with Crippen molar-refractivity contribution in [3.8, 4) is 0 Å². The molecule has 3 nitrogen and oxygen atoms in total. The van der Waals surface area contributed by atoms with Crippen LogP contribution in [0.2, 0.25) is 0 Å². The molecule has 2 bridgehead atoms. The fraction of sp³-hybridized carbons (Fsp3) is 0.667. The van der Waals surface area contributed by atoms with Gasteiger partial charge in [-0.05, 0) is 12.5 Å². The summed E-state index contributed by atoms with van der Waals surface area (Å²) >= 11 is 0. The quantitative estimate of drug-likeness (QED) is 0.405. The maximum atomic E-state index is 12.0. The molecule has 19 heavy (non-hydrogen) atoms. The van der Waals surface area contributed by atoms with Crippen molar-refractivity contribution in [2.24, 2.45) is 5.92 Å². The van der Waals surface area contributed by atoms with E-state index in [2.05, 4.69) is 17.7 Å². The number of piperidine rings is 1. The standard InChI is InChI=1S/C15H21N2O.HI/c1-17-7-3-5-14(17)11-8-12(10-17)13-4-2-6-15(18)16(13)9-11;/h2,4,6,11-12,14H,3,5,7-10H2,1H3;1H/q+1;/p-1/t11-,12+,14-,17?;/m1./s1. The Labute approximate surface area is 131 Å². The first-order valence-electron chi connectivity index (χ1n) is 7.21. The number of hydrogen-bond donors (Lipinski definition) is 0. The highest BCUT2D eigenvalue weighted by Gasteiger charge is 2.51. The zero-order chi connectivity index (χ0) is 12.3. The molecule has 1 unspecified atom stereocenters. The lowest BCUT2D eigenvalue weighted by atomic mass is 9.77. The molecule has 104 valence electrons. The van der Waals surface area contributed by atoms with Gasteiger partial charge in [0.2, 0.25) is 0 Å². The first-order valence-corrected chi connectivity index (χ1v) is 7.21. The van der Waals surface area contributed by atoms with Crippen molar-refractivity contribution >= 4 is 0 Å². The topological polar surface area (TPSA) is 22.0 Å². The Morgan fingerprint density at radius 3 is 3.05 bits per heavy atom. The summed E-state index contributed by atoms with van der Waals surface area (Å²) in [5.41, 5.74) is 1.50. The Bertz CT molecular complexity index is 555. The molecule has 0 radical (unpaired) electrons. The lowest BCUT2D eigenvalue weighted by molar-refractivity contribution is -0.932. The summed E-state index contributed by atoms with van der Waals surface area (Å²) in [5, 5.41) is 0. The maximum Gasteiger partial charge on any atom is 0.250 e. The van der Waals surface area contributed by atoms with Gasteiger partial charge in [0, 0.05) is 43.0 Å². The lowest BCUT2D eigenvalue weighted by Gasteiger charge is -2.50. The SMILES string of the molecule is C[N+]12CCC[C@@H]1[C@@H]1C[C@@H](C2)c2cccc(=O)n2C1.[I-]. The molecule has 0 saturated carbocycles. The highest BCUT2D eigenvalue weighted by Crippen LogP contribution is 2.45. The number of halogens is 1. The number of fused-ring (bicyclic) bond motifs is 6. The van der Waals surface area contributed by atoms with E-state index < -0.39 is 0 Å². The molecule has 0 aliphatic carbocycles. The Morgan fingerprint density at radius 2 is 2.21 bits per heavy atom. The van der Waals surface area contributed by atoms with Crippen LogP contribution >= 0.6 is 0 Å². The minimum Gasteiger partial charge on any atom is -1.00 e. The van der Waals surface area contributed by atoms with Gasteiger partial charge in [-0.15, -0.1) is 0 Å². The van der Waals surface area contributed by atoms with Gasteiger partial charge < -0.3 is 33.0 Å². The minimum absolute atomic E-state index is 0. The number of nitrogens with zero attached hydrogens (tertiary/aromatic N) is 2. The Morgan fingerprint density at radius 1 is 1.37 bits per heavy atom. The summed E-state index contributed by atoms with van der Waals surface area (Å²) in [6.45, 7) is 3.55. The van der Waals surface area contributed by atoms with Gasteiger partial charge in [0.25, 0.3) is 5.56 Å². The summed E-state index contributed by atoms with van der Waals surface area (Å²) in [7, 11) is 2.44. The summed E-state index contributed by atoms with van der Waals surface area (Å²) in [6.07, 6.45) is 4.04. The fourth-order valence-electron chi connectivity index (χ4n) is 4.94. The zero-order valence-corrected chi connectivity index (χ0v) is 13.5. The van der Waals surface area contributed by atoms with Crippen LogP contribution in [0.3, 0.4) is 0 Å². The van der Waals surface area contributed by atoms with E-state index in [-0.39, 0.29) is 29.5 Å². The molecular weight excluding hydrogens is 351 g/mol. The smallest absolute Gasteiger partial charge is 0.250 e. The normalized spacial score (nSPS) is 39.1. The Kier molecular flexibility index (Phi) is 3.29. The second-order valence-electron chi connectivity index (χ2n) is 6.69. The molecule has 0 spiro atoms. The third-order valence-electron chi connectivity index (χ3n) is 5.66. The lowest BCUT2D eigenvalue weighted by Crippen LogP contribution is -3.00. The van der Waals surface area contributed by atoms with Gasteiger partial charge in [0.15, 0.2) is 0 Å². The molecule has 0 amide bonds. The molecule has 1 aromatic rings. The molecule has 1 aromatic heterocycles. The fourth-order valence-corrected chi connectivity index (χ4v) is 4.94. The third-order valence-corrected chi connectivity index (χ3v) is 5.66. The van der Waals surface area contributed by atoms with E-state index in [0.717, 1.165) is 18.5 Å².